The smallest absolute Gasteiger partial charge is 0.326 e. The Kier molecular flexibility index (Phi) is 42.6. The first-order chi connectivity index (χ1) is 47.8. The van der Waals surface area contributed by atoms with Crippen LogP contribution in [0.5, 0.6) is 0 Å². The highest BCUT2D eigenvalue weighted by molar-refractivity contribution is 8.76. The molecule has 0 spiro atoms. The van der Waals surface area contributed by atoms with Gasteiger partial charge in [0.05, 0.1) is 6.04 Å². The number of nitrogens with two attached hydrogens (primary N) is 9. The first-order valence-corrected chi connectivity index (χ1v) is 37.0. The number of rotatable bonds is 32. The number of carbonyl (C=O) groups is 12. The molecule has 1 aliphatic rings. The molecule has 37 nitrogen and oxygen atoms in total. The van der Waals surface area contributed by atoms with Gasteiger partial charge in [-0.2, -0.15) is 0 Å². The molecule has 1 rings (SSSR count). The van der Waals surface area contributed by atoms with Gasteiger partial charge in [0.15, 0.2) is 23.8 Å². The minimum atomic E-state index is -1.63. The largest absolute Gasteiger partial charge is 0.480 e. The van der Waals surface area contributed by atoms with Crippen LogP contribution in [-0.4, -0.2) is 210 Å². The molecular weight excluding hydrogens is 1360 g/mol. The van der Waals surface area contributed by atoms with Crippen LogP contribution in [0.3, 0.4) is 0 Å². The fourth-order valence-electron chi connectivity index (χ4n) is 10.1. The van der Waals surface area contributed by atoms with E-state index < -0.39 is 179 Å². The average Bonchev–Trinajstić information content (AvgIpc) is 0.846. The Morgan fingerprint density at radius 3 is 1.24 bits per heavy atom. The number of carboxylic acids is 1. The molecule has 14 atom stereocenters. The summed E-state index contributed by atoms with van der Waals surface area (Å²) in [5, 5.41) is 40.0. The van der Waals surface area contributed by atoms with E-state index in [1.165, 1.54) is 0 Å². The van der Waals surface area contributed by atoms with Crippen molar-refractivity contribution in [2.75, 3.05) is 37.7 Å². The van der Waals surface area contributed by atoms with Crippen LogP contribution in [-0.2, 0) is 57.5 Å². The summed E-state index contributed by atoms with van der Waals surface area (Å²) in [5.41, 5.74) is 50.6. The van der Waals surface area contributed by atoms with E-state index in [9.17, 15) is 57.8 Å². The van der Waals surface area contributed by atoms with Crippen molar-refractivity contribution < 1.29 is 62.6 Å². The number of carboxylic acid groups (broad SMARTS) is 1. The van der Waals surface area contributed by atoms with E-state index in [1.54, 1.807) is 83.1 Å². The van der Waals surface area contributed by atoms with Gasteiger partial charge >= 0.3 is 5.97 Å². The van der Waals surface area contributed by atoms with Crippen molar-refractivity contribution in [2.24, 2.45) is 107 Å². The second kappa shape index (κ2) is 47.5. The molecule has 0 saturated carbocycles. The number of aliphatic imine (C=N–C) groups is 4. The van der Waals surface area contributed by atoms with Crippen LogP contribution in [0.4, 0.5) is 0 Å². The number of guanidine groups is 4. The van der Waals surface area contributed by atoms with Gasteiger partial charge in [-0.1, -0.05) is 118 Å². The third kappa shape index (κ3) is 34.8. The standard InChI is InChI=1S/C63H118N24O13S2/c1-13-34(11)46-57(97)78-38(21-17-25-75-62(69)70)49(89)83-43(31(5)6)54(94)82-42(53(93)79-39(59(99)100)22-18-26-76-63(71)72)29-102-101-28-41(81-51(91)40(27-30(3)4)80-48(88)36(64)19-15-23-73-60(65)66)52(92)77-37(20-16-24-74-61(67)68)50(90)86-47(35(12)14-2)58(98)85-44(32(7)8)55(95)84-45(33(9)10)56(96)87-46/h30-47H,13-29,64H2,1-12H3,(H,77,92)(H,78,97)(H,79,93)(H,80,88)(H,81,91)(H,82,94)(H,83,89)(H,84,95)(H,85,98)(H,86,90)(H,87,96)(H,99,100)(H4,65,66,73)(H4,67,68,74)(H4,69,70,75)(H4,71,72,76)/t34?,35?,36-,37?,38+,39+,40-,41+,42+,43+,44?,45-,46+,47?/m0/s1. The van der Waals surface area contributed by atoms with Crippen LogP contribution >= 0.6 is 21.6 Å². The molecule has 1 saturated heterocycles. The Morgan fingerprint density at radius 2 is 0.824 bits per heavy atom. The minimum absolute atomic E-state index is 0.00318. The van der Waals surface area contributed by atoms with Crippen molar-refractivity contribution in [3.63, 3.8) is 0 Å². The maximum absolute atomic E-state index is 15.1. The summed E-state index contributed by atoms with van der Waals surface area (Å²) in [6, 6.07) is -17.0. The van der Waals surface area contributed by atoms with E-state index in [-0.39, 0.29) is 113 Å². The lowest BCUT2D eigenvalue weighted by Crippen LogP contribution is -2.63. The molecule has 1 aliphatic heterocycles. The second-order valence-corrected chi connectivity index (χ2v) is 29.3. The molecule has 5 unspecified atom stereocenters. The second-order valence-electron chi connectivity index (χ2n) is 26.7. The Hall–Kier alpha value is -8.62. The summed E-state index contributed by atoms with van der Waals surface area (Å²) >= 11 is 0. The van der Waals surface area contributed by atoms with Gasteiger partial charge in [-0.05, 0) is 93.3 Å². The maximum atomic E-state index is 15.1. The van der Waals surface area contributed by atoms with Crippen molar-refractivity contribution in [3.05, 3.63) is 0 Å². The van der Waals surface area contributed by atoms with Crippen LogP contribution in [0, 0.1) is 35.5 Å². The highest BCUT2D eigenvalue weighted by atomic mass is 33.1. The molecule has 0 aromatic rings. The first-order valence-electron chi connectivity index (χ1n) is 34.5. The van der Waals surface area contributed by atoms with Crippen LogP contribution in [0.25, 0.3) is 0 Å². The van der Waals surface area contributed by atoms with Gasteiger partial charge in [-0.25, -0.2) is 4.79 Å². The van der Waals surface area contributed by atoms with Crippen LogP contribution in [0.1, 0.15) is 154 Å². The molecule has 0 radical (unpaired) electrons. The Morgan fingerprint density at radius 1 is 0.461 bits per heavy atom. The summed E-state index contributed by atoms with van der Waals surface area (Å²) in [6.45, 7) is 20.3. The van der Waals surface area contributed by atoms with Crippen LogP contribution in [0.15, 0.2) is 20.0 Å². The number of aliphatic carboxylic acids is 1. The molecule has 39 heteroatoms. The molecular formula is C63H118N24O13S2. The first kappa shape index (κ1) is 91.4. The highest BCUT2D eigenvalue weighted by Crippen LogP contribution is 2.25. The molecule has 1 fully saturated rings. The average molecular weight is 1480 g/mol. The lowest BCUT2D eigenvalue weighted by Gasteiger charge is -2.32. The number of carbonyl (C=O) groups excluding carboxylic acids is 11. The van der Waals surface area contributed by atoms with Crippen molar-refractivity contribution >= 4 is 116 Å². The van der Waals surface area contributed by atoms with Gasteiger partial charge in [-0.3, -0.25) is 72.7 Å². The number of amides is 11. The predicted octanol–water partition coefficient (Wildman–Crippen LogP) is -4.55. The van der Waals surface area contributed by atoms with Gasteiger partial charge in [0.2, 0.25) is 65.0 Å². The lowest BCUT2D eigenvalue weighted by atomic mass is 9.94. The van der Waals surface area contributed by atoms with E-state index in [2.05, 4.69) is 78.5 Å². The molecule has 580 valence electrons. The predicted molar refractivity (Wildman–Crippen MR) is 394 cm³/mol. The van der Waals surface area contributed by atoms with Crippen LogP contribution in [0.2, 0.25) is 0 Å². The summed E-state index contributed by atoms with van der Waals surface area (Å²) < 4.78 is 0. The van der Waals surface area contributed by atoms with Crippen LogP contribution < -0.4 is 110 Å². The van der Waals surface area contributed by atoms with Crippen molar-refractivity contribution in [1.82, 2.24) is 58.5 Å². The zero-order valence-electron chi connectivity index (χ0n) is 61.1. The molecule has 0 bridgehead atoms. The monoisotopic (exact) mass is 1480 g/mol. The van der Waals surface area contributed by atoms with Gasteiger partial charge in [0, 0.05) is 37.7 Å². The molecule has 0 aliphatic carbocycles. The Bertz CT molecular complexity index is 2890. The number of hydrogen-bond donors (Lipinski definition) is 21. The van der Waals surface area contributed by atoms with Crippen molar-refractivity contribution in [1.29, 1.82) is 0 Å². The van der Waals surface area contributed by atoms with Crippen molar-refractivity contribution in [3.8, 4) is 0 Å². The van der Waals surface area contributed by atoms with Gasteiger partial charge in [0.25, 0.3) is 0 Å². The van der Waals surface area contributed by atoms with Crippen molar-refractivity contribution in [2.45, 2.75) is 226 Å². The van der Waals surface area contributed by atoms with E-state index in [1.807, 2.05) is 0 Å². The van der Waals surface area contributed by atoms with E-state index in [4.69, 9.17) is 51.6 Å². The summed E-state index contributed by atoms with van der Waals surface area (Å²) in [5.74, 6) is -16.2. The highest BCUT2D eigenvalue weighted by Gasteiger charge is 2.40. The lowest BCUT2D eigenvalue weighted by molar-refractivity contribution is -0.142. The van der Waals surface area contributed by atoms with Gasteiger partial charge < -0.3 is 115 Å². The summed E-state index contributed by atoms with van der Waals surface area (Å²) in [4.78, 5) is 189. The number of hydrogen-bond acceptors (Lipinski definition) is 19. The maximum Gasteiger partial charge on any atom is 0.326 e. The normalized spacial score (nSPS) is 22.8. The summed E-state index contributed by atoms with van der Waals surface area (Å²) in [6.07, 6.45) is 0.828. The number of nitrogens with one attached hydrogen (secondary N) is 11. The zero-order valence-corrected chi connectivity index (χ0v) is 62.7. The Labute approximate surface area is 605 Å². The van der Waals surface area contributed by atoms with E-state index >= 15 is 4.79 Å². The third-order valence-corrected chi connectivity index (χ3v) is 18.9. The molecule has 0 aromatic heterocycles. The minimum Gasteiger partial charge on any atom is -0.480 e. The topological polar surface area (TPSA) is 641 Å². The quantitative estimate of drug-likeness (QED) is 0.0131. The van der Waals surface area contributed by atoms with E-state index in [0.717, 1.165) is 21.6 Å². The molecule has 1 heterocycles. The Balaban J connectivity index is 4.50. The zero-order chi connectivity index (χ0) is 77.7. The molecule has 11 amide bonds. The molecule has 0 aromatic carbocycles. The number of nitrogens with zero attached hydrogens (tertiary/aromatic N) is 4. The van der Waals surface area contributed by atoms with E-state index in [0.29, 0.717) is 19.3 Å². The summed E-state index contributed by atoms with van der Waals surface area (Å²) in [7, 11) is 1.76. The van der Waals surface area contributed by atoms with Gasteiger partial charge in [0.1, 0.15) is 66.5 Å². The fraction of sp³-hybridized carbons (Fsp3) is 0.746. The third-order valence-electron chi connectivity index (χ3n) is 16.5. The fourth-order valence-corrected chi connectivity index (χ4v) is 12.4. The SMILES string of the molecule is CCC(C)C1NC(=O)C(CCCN=C(N)N)NC(=O)[C@H](NC(=O)[C@H](CC(C)C)NC(=O)[C@@H](N)CCCN=C(N)N)CSSC[C@H](C(=O)N[C@H](CCCN=C(N)N)C(=O)O)NC(=O)[C@@H](C(C)C)NC(=O)[C@@H](CCCN=C(N)N)NC(=O)[C@@H](C(C)CC)NC(=O)[C@H](C(C)C)NC(=O)C(C(C)C)NC1=O. The van der Waals surface area contributed by atoms with Gasteiger partial charge in [-0.15, -0.1) is 0 Å². The molecule has 102 heavy (non-hydrogen) atoms. The molecule has 30 N–H and O–H groups in total.